The van der Waals surface area contributed by atoms with Crippen molar-refractivity contribution in [2.45, 2.75) is 58.2 Å². The Bertz CT molecular complexity index is 181. The third-order valence-corrected chi connectivity index (χ3v) is 3.84. The minimum Gasteiger partial charge on any atom is -0.381 e. The van der Waals surface area contributed by atoms with Crippen molar-refractivity contribution in [1.29, 1.82) is 0 Å². The third-order valence-electron chi connectivity index (χ3n) is 3.84. The van der Waals surface area contributed by atoms with Gasteiger partial charge in [-0.25, -0.2) is 0 Å². The predicted octanol–water partition coefficient (Wildman–Crippen LogP) is 1.87. The van der Waals surface area contributed by atoms with Gasteiger partial charge < -0.3 is 10.1 Å². The van der Waals surface area contributed by atoms with Crippen LogP contribution >= 0.6 is 0 Å². The molecule has 0 aliphatic carbocycles. The summed E-state index contributed by atoms with van der Waals surface area (Å²) in [4.78, 5) is 2.51. The third kappa shape index (κ3) is 4.40. The fourth-order valence-corrected chi connectivity index (χ4v) is 2.11. The molecule has 1 heterocycles. The van der Waals surface area contributed by atoms with Gasteiger partial charge in [-0.05, 0) is 40.2 Å². The largest absolute Gasteiger partial charge is 0.381 e. The van der Waals surface area contributed by atoms with Crippen molar-refractivity contribution in [3.63, 3.8) is 0 Å². The molecule has 1 aliphatic rings. The van der Waals surface area contributed by atoms with Crippen LogP contribution in [0.3, 0.4) is 0 Å². The van der Waals surface area contributed by atoms with Gasteiger partial charge in [-0.1, -0.05) is 6.92 Å². The van der Waals surface area contributed by atoms with Crippen molar-refractivity contribution in [2.75, 3.05) is 26.8 Å². The first-order chi connectivity index (χ1) is 7.65. The Morgan fingerprint density at radius 3 is 2.50 bits per heavy atom. The lowest BCUT2D eigenvalue weighted by molar-refractivity contribution is 0.0309. The van der Waals surface area contributed by atoms with E-state index in [-0.39, 0.29) is 0 Å². The standard InChI is InChI=1S/C13H28N2O/c1-5-11(2)14-10-12(3)15(4)13-6-8-16-9-7-13/h11-14H,5-10H2,1-4H3. The Hall–Kier alpha value is -0.120. The number of ether oxygens (including phenoxy) is 1. The molecule has 0 aromatic rings. The number of nitrogens with zero attached hydrogens (tertiary/aromatic N) is 1. The Balaban J connectivity index is 2.25. The zero-order valence-electron chi connectivity index (χ0n) is 11.3. The van der Waals surface area contributed by atoms with Crippen LogP contribution in [0.1, 0.15) is 40.0 Å². The molecule has 2 atom stereocenters. The van der Waals surface area contributed by atoms with Crippen molar-refractivity contribution < 1.29 is 4.74 Å². The molecule has 0 aromatic heterocycles. The summed E-state index contributed by atoms with van der Waals surface area (Å²) in [6.45, 7) is 9.74. The van der Waals surface area contributed by atoms with Gasteiger partial charge in [0.25, 0.3) is 0 Å². The molecule has 0 aromatic carbocycles. The van der Waals surface area contributed by atoms with Gasteiger partial charge in [-0.2, -0.15) is 0 Å². The second kappa shape index (κ2) is 7.25. The summed E-state index contributed by atoms with van der Waals surface area (Å²) >= 11 is 0. The molecule has 3 nitrogen and oxygen atoms in total. The van der Waals surface area contributed by atoms with Crippen molar-refractivity contribution >= 4 is 0 Å². The summed E-state index contributed by atoms with van der Waals surface area (Å²) in [6, 6.07) is 1.95. The van der Waals surface area contributed by atoms with Gasteiger partial charge >= 0.3 is 0 Å². The fraction of sp³-hybridized carbons (Fsp3) is 1.00. The number of nitrogens with one attached hydrogen (secondary N) is 1. The Morgan fingerprint density at radius 1 is 1.31 bits per heavy atom. The van der Waals surface area contributed by atoms with E-state index in [1.807, 2.05) is 0 Å². The van der Waals surface area contributed by atoms with Gasteiger partial charge in [0, 0.05) is 37.9 Å². The second-order valence-electron chi connectivity index (χ2n) is 5.08. The first-order valence-electron chi connectivity index (χ1n) is 6.68. The molecule has 0 saturated carbocycles. The molecule has 1 fully saturated rings. The van der Waals surface area contributed by atoms with Crippen LogP contribution in [0.15, 0.2) is 0 Å². The molecule has 3 heteroatoms. The van der Waals surface area contributed by atoms with Crippen LogP contribution in [-0.2, 0) is 4.74 Å². The molecule has 16 heavy (non-hydrogen) atoms. The van der Waals surface area contributed by atoms with Crippen molar-refractivity contribution in [2.24, 2.45) is 0 Å². The lowest BCUT2D eigenvalue weighted by Gasteiger charge is -2.36. The van der Waals surface area contributed by atoms with E-state index in [1.54, 1.807) is 0 Å². The minimum absolute atomic E-state index is 0.608. The van der Waals surface area contributed by atoms with Crippen LogP contribution < -0.4 is 5.32 Å². The molecule has 0 radical (unpaired) electrons. The summed E-state index contributed by atoms with van der Waals surface area (Å²) in [5.74, 6) is 0. The normalized spacial score (nSPS) is 22.3. The van der Waals surface area contributed by atoms with E-state index in [1.165, 1.54) is 19.3 Å². The first kappa shape index (κ1) is 13.9. The molecule has 0 spiro atoms. The van der Waals surface area contributed by atoms with Gasteiger partial charge in [0.05, 0.1) is 0 Å². The molecule has 0 bridgehead atoms. The highest BCUT2D eigenvalue weighted by Gasteiger charge is 2.22. The molecule has 1 rings (SSSR count). The summed E-state index contributed by atoms with van der Waals surface area (Å²) in [5, 5.41) is 3.58. The highest BCUT2D eigenvalue weighted by Crippen LogP contribution is 2.14. The summed E-state index contributed by atoms with van der Waals surface area (Å²) in [5.41, 5.74) is 0. The average molecular weight is 228 g/mol. The second-order valence-corrected chi connectivity index (χ2v) is 5.08. The van der Waals surface area contributed by atoms with E-state index >= 15 is 0 Å². The van der Waals surface area contributed by atoms with E-state index in [0.717, 1.165) is 19.8 Å². The maximum absolute atomic E-state index is 5.40. The van der Waals surface area contributed by atoms with Crippen LogP contribution in [0.25, 0.3) is 0 Å². The average Bonchev–Trinajstić information content (AvgIpc) is 2.35. The molecule has 1 aliphatic heterocycles. The zero-order valence-corrected chi connectivity index (χ0v) is 11.3. The van der Waals surface area contributed by atoms with Gasteiger partial charge in [0.2, 0.25) is 0 Å². The summed E-state index contributed by atoms with van der Waals surface area (Å²) < 4.78 is 5.40. The molecular weight excluding hydrogens is 200 g/mol. The molecule has 96 valence electrons. The quantitative estimate of drug-likeness (QED) is 0.751. The molecule has 1 N–H and O–H groups in total. The fourth-order valence-electron chi connectivity index (χ4n) is 2.11. The SMILES string of the molecule is CCC(C)NCC(C)N(C)C1CCOCC1. The lowest BCUT2D eigenvalue weighted by atomic mass is 10.1. The van der Waals surface area contributed by atoms with Gasteiger partial charge in [-0.15, -0.1) is 0 Å². The van der Waals surface area contributed by atoms with Gasteiger partial charge in [-0.3, -0.25) is 4.90 Å². The number of hydrogen-bond acceptors (Lipinski definition) is 3. The Morgan fingerprint density at radius 2 is 1.94 bits per heavy atom. The van der Waals surface area contributed by atoms with Gasteiger partial charge in [0.15, 0.2) is 0 Å². The Kier molecular flexibility index (Phi) is 6.32. The summed E-state index contributed by atoms with van der Waals surface area (Å²) in [6.07, 6.45) is 3.57. The van der Waals surface area contributed by atoms with Crippen LogP contribution in [0, 0.1) is 0 Å². The lowest BCUT2D eigenvalue weighted by Crippen LogP contribution is -2.47. The highest BCUT2D eigenvalue weighted by atomic mass is 16.5. The predicted molar refractivity (Wildman–Crippen MR) is 68.8 cm³/mol. The summed E-state index contributed by atoms with van der Waals surface area (Å²) in [7, 11) is 2.25. The van der Waals surface area contributed by atoms with E-state index in [9.17, 15) is 0 Å². The topological polar surface area (TPSA) is 24.5 Å². The van der Waals surface area contributed by atoms with Crippen LogP contribution in [-0.4, -0.2) is 49.8 Å². The van der Waals surface area contributed by atoms with E-state index in [2.05, 4.69) is 38.0 Å². The molecule has 1 saturated heterocycles. The Labute approximate surface area is 101 Å². The van der Waals surface area contributed by atoms with E-state index < -0.39 is 0 Å². The van der Waals surface area contributed by atoms with Crippen molar-refractivity contribution in [1.82, 2.24) is 10.2 Å². The number of rotatable bonds is 6. The highest BCUT2D eigenvalue weighted by molar-refractivity contribution is 4.78. The maximum atomic E-state index is 5.40. The number of hydrogen-bond donors (Lipinski definition) is 1. The van der Waals surface area contributed by atoms with Gasteiger partial charge in [0.1, 0.15) is 0 Å². The van der Waals surface area contributed by atoms with E-state index in [0.29, 0.717) is 18.1 Å². The molecular formula is C13H28N2O. The monoisotopic (exact) mass is 228 g/mol. The van der Waals surface area contributed by atoms with Crippen LogP contribution in [0.5, 0.6) is 0 Å². The molecule has 0 amide bonds. The van der Waals surface area contributed by atoms with Crippen molar-refractivity contribution in [3.8, 4) is 0 Å². The smallest absolute Gasteiger partial charge is 0.0480 e. The van der Waals surface area contributed by atoms with Crippen molar-refractivity contribution in [3.05, 3.63) is 0 Å². The van der Waals surface area contributed by atoms with Crippen LogP contribution in [0.2, 0.25) is 0 Å². The number of likely N-dealkylation sites (N-methyl/N-ethyl adjacent to an activating group) is 1. The van der Waals surface area contributed by atoms with E-state index in [4.69, 9.17) is 4.74 Å². The van der Waals surface area contributed by atoms with Crippen LogP contribution in [0.4, 0.5) is 0 Å². The maximum Gasteiger partial charge on any atom is 0.0480 e. The zero-order chi connectivity index (χ0) is 12.0. The molecule has 2 unspecified atom stereocenters. The first-order valence-corrected chi connectivity index (χ1v) is 6.68. The minimum atomic E-state index is 0.608.